The van der Waals surface area contributed by atoms with Crippen LogP contribution in [-0.2, 0) is 0 Å². The monoisotopic (exact) mass is 278 g/mol. The van der Waals surface area contributed by atoms with Crippen molar-refractivity contribution in [3.05, 3.63) is 17.5 Å². The quantitative estimate of drug-likeness (QED) is 0.803. The first-order chi connectivity index (χ1) is 9.49. The van der Waals surface area contributed by atoms with Gasteiger partial charge in [-0.15, -0.1) is 0 Å². The van der Waals surface area contributed by atoms with Crippen LogP contribution in [-0.4, -0.2) is 46.2 Å². The molecule has 5 heteroatoms. The fourth-order valence-electron chi connectivity index (χ4n) is 2.56. The van der Waals surface area contributed by atoms with Crippen molar-refractivity contribution in [2.24, 2.45) is 0 Å². The molecule has 0 aromatic carbocycles. The van der Waals surface area contributed by atoms with Crippen LogP contribution in [0.25, 0.3) is 0 Å². The van der Waals surface area contributed by atoms with Crippen molar-refractivity contribution in [3.63, 3.8) is 0 Å². The average Bonchev–Trinajstić information content (AvgIpc) is 3.11. The predicted molar refractivity (Wildman–Crippen MR) is 79.9 cm³/mol. The second kappa shape index (κ2) is 6.39. The van der Waals surface area contributed by atoms with Crippen LogP contribution in [0.4, 0.5) is 0 Å². The first-order valence-electron chi connectivity index (χ1n) is 7.58. The van der Waals surface area contributed by atoms with Gasteiger partial charge in [-0.05, 0) is 46.6 Å². The molecule has 20 heavy (non-hydrogen) atoms. The number of hydrogen-bond donors (Lipinski definition) is 2. The molecule has 2 N–H and O–H groups in total. The van der Waals surface area contributed by atoms with Gasteiger partial charge < -0.3 is 5.32 Å². The van der Waals surface area contributed by atoms with Crippen LogP contribution in [0.1, 0.15) is 62.6 Å². The van der Waals surface area contributed by atoms with Gasteiger partial charge in [-0.2, -0.15) is 5.10 Å². The first-order valence-corrected chi connectivity index (χ1v) is 7.58. The molecule has 0 radical (unpaired) electrons. The molecule has 0 unspecified atom stereocenters. The topological polar surface area (TPSA) is 61.0 Å². The van der Waals surface area contributed by atoms with Gasteiger partial charge in [0.2, 0.25) is 0 Å². The Labute approximate surface area is 121 Å². The third kappa shape index (κ3) is 3.82. The number of hydrogen-bond acceptors (Lipinski definition) is 3. The summed E-state index contributed by atoms with van der Waals surface area (Å²) in [6.45, 7) is 10.2. The van der Waals surface area contributed by atoms with Gasteiger partial charge >= 0.3 is 0 Å². The van der Waals surface area contributed by atoms with Gasteiger partial charge in [0, 0.05) is 36.8 Å². The van der Waals surface area contributed by atoms with E-state index in [1.807, 2.05) is 6.07 Å². The lowest BCUT2D eigenvalue weighted by atomic mass is 10.2. The van der Waals surface area contributed by atoms with E-state index in [0.717, 1.165) is 12.2 Å². The molecule has 2 rings (SSSR count). The van der Waals surface area contributed by atoms with Crippen LogP contribution in [0.5, 0.6) is 0 Å². The van der Waals surface area contributed by atoms with Gasteiger partial charge in [0.15, 0.2) is 0 Å². The number of aromatic nitrogens is 2. The van der Waals surface area contributed by atoms with Crippen LogP contribution in [0.2, 0.25) is 0 Å². The Morgan fingerprint density at radius 1 is 1.40 bits per heavy atom. The summed E-state index contributed by atoms with van der Waals surface area (Å²) in [5.41, 5.74) is 1.61. The summed E-state index contributed by atoms with van der Waals surface area (Å²) in [6, 6.07) is 2.85. The molecule has 1 fully saturated rings. The number of nitrogens with zero attached hydrogens (tertiary/aromatic N) is 2. The van der Waals surface area contributed by atoms with Gasteiger partial charge in [-0.1, -0.05) is 0 Å². The smallest absolute Gasteiger partial charge is 0.271 e. The fraction of sp³-hybridized carbons (Fsp3) is 0.733. The van der Waals surface area contributed by atoms with Crippen molar-refractivity contribution in [2.75, 3.05) is 13.1 Å². The Kier molecular flexibility index (Phi) is 4.81. The van der Waals surface area contributed by atoms with E-state index < -0.39 is 0 Å². The maximum Gasteiger partial charge on any atom is 0.271 e. The molecule has 1 saturated carbocycles. The summed E-state index contributed by atoms with van der Waals surface area (Å²) in [5.74, 6) is 0.516. The molecular weight excluding hydrogens is 252 g/mol. The van der Waals surface area contributed by atoms with Gasteiger partial charge in [0.25, 0.3) is 5.91 Å². The van der Waals surface area contributed by atoms with Crippen LogP contribution < -0.4 is 5.32 Å². The summed E-state index contributed by atoms with van der Waals surface area (Å²) in [5, 5.41) is 10.0. The van der Waals surface area contributed by atoms with Crippen molar-refractivity contribution in [2.45, 2.75) is 58.5 Å². The standard InChI is InChI=1S/C15H26N4O/c1-10(2)19(11(3)4)8-7-16-15(20)14-9-13(17-18-14)12-5-6-12/h9-12H,5-8H2,1-4H3,(H,16,20)(H,17,18). The van der Waals surface area contributed by atoms with E-state index in [4.69, 9.17) is 0 Å². The molecule has 0 saturated heterocycles. The minimum absolute atomic E-state index is 0.0828. The summed E-state index contributed by atoms with van der Waals surface area (Å²) >= 11 is 0. The number of amides is 1. The SMILES string of the molecule is CC(C)N(CCNC(=O)c1cc(C2CC2)[nH]n1)C(C)C. The zero-order valence-electron chi connectivity index (χ0n) is 12.9. The molecule has 0 atom stereocenters. The summed E-state index contributed by atoms with van der Waals surface area (Å²) in [7, 11) is 0. The lowest BCUT2D eigenvalue weighted by Crippen LogP contribution is -2.42. The van der Waals surface area contributed by atoms with Crippen molar-refractivity contribution in [3.8, 4) is 0 Å². The molecule has 1 aromatic heterocycles. The van der Waals surface area contributed by atoms with E-state index in [1.54, 1.807) is 0 Å². The van der Waals surface area contributed by atoms with Crippen molar-refractivity contribution >= 4 is 5.91 Å². The van der Waals surface area contributed by atoms with Crippen LogP contribution in [0, 0.1) is 0 Å². The van der Waals surface area contributed by atoms with E-state index in [-0.39, 0.29) is 5.91 Å². The minimum Gasteiger partial charge on any atom is -0.349 e. The Morgan fingerprint density at radius 3 is 2.60 bits per heavy atom. The summed E-state index contributed by atoms with van der Waals surface area (Å²) in [6.07, 6.45) is 2.42. The highest BCUT2D eigenvalue weighted by Gasteiger charge is 2.26. The molecule has 112 valence electrons. The third-order valence-corrected chi connectivity index (χ3v) is 3.83. The zero-order valence-corrected chi connectivity index (χ0v) is 12.9. The molecule has 0 aliphatic heterocycles. The number of carbonyl (C=O) groups is 1. The van der Waals surface area contributed by atoms with E-state index in [0.29, 0.717) is 30.2 Å². The number of H-pyrrole nitrogens is 1. The molecule has 1 aliphatic carbocycles. The van der Waals surface area contributed by atoms with Gasteiger partial charge in [-0.3, -0.25) is 14.8 Å². The summed E-state index contributed by atoms with van der Waals surface area (Å²) in [4.78, 5) is 14.4. The second-order valence-electron chi connectivity index (χ2n) is 6.16. The molecule has 1 aliphatic rings. The first kappa shape index (κ1) is 15.0. The highest BCUT2D eigenvalue weighted by molar-refractivity contribution is 5.92. The van der Waals surface area contributed by atoms with E-state index in [1.165, 1.54) is 12.8 Å². The highest BCUT2D eigenvalue weighted by atomic mass is 16.1. The Hall–Kier alpha value is -1.36. The largest absolute Gasteiger partial charge is 0.349 e. The fourth-order valence-corrected chi connectivity index (χ4v) is 2.56. The molecule has 1 aromatic rings. The molecule has 0 spiro atoms. The Bertz CT molecular complexity index is 440. The molecule has 0 bridgehead atoms. The normalized spacial score (nSPS) is 15.3. The maximum atomic E-state index is 12.0. The van der Waals surface area contributed by atoms with E-state index in [2.05, 4.69) is 48.1 Å². The van der Waals surface area contributed by atoms with E-state index >= 15 is 0 Å². The van der Waals surface area contributed by atoms with E-state index in [9.17, 15) is 4.79 Å². The third-order valence-electron chi connectivity index (χ3n) is 3.83. The second-order valence-corrected chi connectivity index (χ2v) is 6.16. The molecule has 1 heterocycles. The number of carbonyl (C=O) groups excluding carboxylic acids is 1. The predicted octanol–water partition coefficient (Wildman–Crippen LogP) is 2.14. The van der Waals surface area contributed by atoms with Crippen molar-refractivity contribution in [1.82, 2.24) is 20.4 Å². The van der Waals surface area contributed by atoms with Crippen molar-refractivity contribution in [1.29, 1.82) is 0 Å². The number of aromatic amines is 1. The van der Waals surface area contributed by atoms with Crippen molar-refractivity contribution < 1.29 is 4.79 Å². The van der Waals surface area contributed by atoms with Gasteiger partial charge in [0.1, 0.15) is 5.69 Å². The Balaban J connectivity index is 1.79. The van der Waals surface area contributed by atoms with Crippen LogP contribution >= 0.6 is 0 Å². The lowest BCUT2D eigenvalue weighted by molar-refractivity contribution is 0.0934. The molecule has 5 nitrogen and oxygen atoms in total. The average molecular weight is 278 g/mol. The zero-order chi connectivity index (χ0) is 14.7. The highest BCUT2D eigenvalue weighted by Crippen LogP contribution is 2.38. The van der Waals surface area contributed by atoms with Crippen LogP contribution in [0.3, 0.4) is 0 Å². The molecular formula is C15H26N4O. The maximum absolute atomic E-state index is 12.0. The van der Waals surface area contributed by atoms with Gasteiger partial charge in [0.05, 0.1) is 0 Å². The minimum atomic E-state index is -0.0828. The molecule has 1 amide bonds. The Morgan fingerprint density at radius 2 is 2.05 bits per heavy atom. The number of nitrogens with one attached hydrogen (secondary N) is 2. The number of rotatable bonds is 7. The van der Waals surface area contributed by atoms with Crippen LogP contribution in [0.15, 0.2) is 6.07 Å². The summed E-state index contributed by atoms with van der Waals surface area (Å²) < 4.78 is 0. The lowest BCUT2D eigenvalue weighted by Gasteiger charge is -2.30. The van der Waals surface area contributed by atoms with Gasteiger partial charge in [-0.25, -0.2) is 0 Å².